The van der Waals surface area contributed by atoms with Crippen molar-refractivity contribution in [1.29, 1.82) is 0 Å². The van der Waals surface area contributed by atoms with Gasteiger partial charge in [0.25, 0.3) is 0 Å². The molecule has 0 saturated heterocycles. The molecule has 6 nitrogen and oxygen atoms in total. The molecule has 0 fully saturated rings. The molecule has 0 spiro atoms. The summed E-state index contributed by atoms with van der Waals surface area (Å²) >= 11 is 5.78. The summed E-state index contributed by atoms with van der Waals surface area (Å²) in [6.45, 7) is 0. The summed E-state index contributed by atoms with van der Waals surface area (Å²) in [6.07, 6.45) is 0.813. The monoisotopic (exact) mass is 417 g/mol. The first-order valence-electron chi connectivity index (χ1n) is 7.41. The highest BCUT2D eigenvalue weighted by Gasteiger charge is 2.48. The van der Waals surface area contributed by atoms with Crippen molar-refractivity contribution in [3.8, 4) is 0 Å². The van der Waals surface area contributed by atoms with Crippen LogP contribution in [0.5, 0.6) is 0 Å². The van der Waals surface area contributed by atoms with Crippen LogP contribution in [0.25, 0.3) is 17.2 Å². The predicted molar refractivity (Wildman–Crippen MR) is 93.0 cm³/mol. The fourth-order valence-electron chi connectivity index (χ4n) is 2.21. The van der Waals surface area contributed by atoms with Crippen molar-refractivity contribution in [1.82, 2.24) is 15.0 Å². The number of benzene rings is 2. The molecule has 0 saturated carbocycles. The zero-order valence-electron chi connectivity index (χ0n) is 13.4. The van der Waals surface area contributed by atoms with E-state index in [2.05, 4.69) is 14.5 Å². The van der Waals surface area contributed by atoms with Gasteiger partial charge in [-0.3, -0.25) is 0 Å². The molecule has 0 aliphatic heterocycles. The third kappa shape index (κ3) is 4.40. The third-order valence-electron chi connectivity index (χ3n) is 3.44. The second-order valence-electron chi connectivity index (χ2n) is 5.40. The number of hydrogen-bond acceptors (Lipinski definition) is 5. The van der Waals surface area contributed by atoms with Gasteiger partial charge in [-0.05, 0) is 29.8 Å². The molecule has 0 bridgehead atoms. The second kappa shape index (κ2) is 7.20. The molecule has 3 rings (SSSR count). The van der Waals surface area contributed by atoms with Gasteiger partial charge in [0.05, 0.1) is 11.7 Å². The number of rotatable bonds is 5. The first kappa shape index (κ1) is 19.2. The van der Waals surface area contributed by atoms with Crippen molar-refractivity contribution in [3.63, 3.8) is 0 Å². The van der Waals surface area contributed by atoms with Crippen LogP contribution in [0.1, 0.15) is 5.56 Å². The molecule has 3 aromatic rings. The van der Waals surface area contributed by atoms with E-state index < -0.39 is 21.4 Å². The lowest BCUT2D eigenvalue weighted by molar-refractivity contribution is -0.0522. The van der Waals surface area contributed by atoms with Crippen LogP contribution in [0.3, 0.4) is 0 Å². The molecule has 0 aliphatic carbocycles. The molecule has 11 heteroatoms. The maximum atomic E-state index is 12.7. The molecule has 2 aromatic carbocycles. The number of nitrogens with zero attached hydrogens (tertiary/aromatic N) is 3. The fraction of sp³-hybridized carbons (Fsp3) is 0.125. The summed E-state index contributed by atoms with van der Waals surface area (Å²) in [6, 6.07) is 12.8. The Labute approximate surface area is 156 Å². The quantitative estimate of drug-likeness (QED) is 0.356. The lowest BCUT2D eigenvalue weighted by atomic mass is 10.1. The third-order valence-corrected chi connectivity index (χ3v) is 4.69. The maximum Gasteiger partial charge on any atom is 0.534 e. The highest BCUT2D eigenvalue weighted by Crippen LogP contribution is 2.28. The number of para-hydroxylation sites is 1. The molecule has 0 atom stereocenters. The van der Waals surface area contributed by atoms with Gasteiger partial charge >= 0.3 is 15.6 Å². The van der Waals surface area contributed by atoms with Gasteiger partial charge in [-0.15, -0.1) is 5.10 Å². The highest BCUT2D eigenvalue weighted by atomic mass is 35.5. The lowest BCUT2D eigenvalue weighted by Crippen LogP contribution is -2.25. The van der Waals surface area contributed by atoms with E-state index in [-0.39, 0.29) is 6.42 Å². The zero-order chi connectivity index (χ0) is 19.7. The minimum atomic E-state index is -5.84. The van der Waals surface area contributed by atoms with Crippen molar-refractivity contribution in [2.75, 3.05) is 0 Å². The Morgan fingerprint density at radius 2 is 1.81 bits per heavy atom. The summed E-state index contributed by atoms with van der Waals surface area (Å²) in [5, 5.41) is 8.08. The lowest BCUT2D eigenvalue weighted by Gasteiger charge is -2.13. The largest absolute Gasteiger partial charge is 0.534 e. The molecule has 1 aromatic heterocycles. The van der Waals surface area contributed by atoms with Gasteiger partial charge in [0.15, 0.2) is 0 Å². The van der Waals surface area contributed by atoms with Gasteiger partial charge in [-0.25, -0.2) is 4.68 Å². The predicted octanol–water partition coefficient (Wildman–Crippen LogP) is 3.99. The first-order chi connectivity index (χ1) is 12.7. The van der Waals surface area contributed by atoms with Crippen LogP contribution in [0, 0.1) is 0 Å². The normalized spacial score (nSPS) is 13.1. The zero-order valence-corrected chi connectivity index (χ0v) is 15.0. The first-order valence-corrected chi connectivity index (χ1v) is 9.20. The number of hydrogen-bond donors (Lipinski definition) is 0. The smallest absolute Gasteiger partial charge is 0.379 e. The number of fused-ring (bicyclic) bond motifs is 1. The Hall–Kier alpha value is -2.59. The van der Waals surface area contributed by atoms with Gasteiger partial charge in [-0.2, -0.15) is 21.6 Å². The number of halogens is 4. The molecule has 0 N–H and O–H groups in total. The van der Waals surface area contributed by atoms with Crippen molar-refractivity contribution in [2.24, 2.45) is 0 Å². The van der Waals surface area contributed by atoms with Crippen LogP contribution in [0.4, 0.5) is 13.2 Å². The van der Waals surface area contributed by atoms with Gasteiger partial charge in [0, 0.05) is 11.4 Å². The fourth-order valence-corrected chi connectivity index (χ4v) is 2.81. The number of aromatic nitrogens is 3. The van der Waals surface area contributed by atoms with E-state index in [1.165, 1.54) is 12.1 Å². The molecule has 27 heavy (non-hydrogen) atoms. The second-order valence-corrected chi connectivity index (χ2v) is 7.38. The molecule has 1 heterocycles. The van der Waals surface area contributed by atoms with Gasteiger partial charge in [0.2, 0.25) is 0 Å². The van der Waals surface area contributed by atoms with Gasteiger partial charge in [0.1, 0.15) is 11.3 Å². The van der Waals surface area contributed by atoms with Crippen molar-refractivity contribution < 1.29 is 25.8 Å². The average Bonchev–Trinajstić information content (AvgIpc) is 2.99. The summed E-state index contributed by atoms with van der Waals surface area (Å²) in [5.74, 6) is -0.481. The van der Waals surface area contributed by atoms with Crippen LogP contribution >= 0.6 is 11.6 Å². The minimum Gasteiger partial charge on any atom is -0.379 e. The van der Waals surface area contributed by atoms with E-state index in [1.807, 2.05) is 0 Å². The molecule has 142 valence electrons. The Kier molecular flexibility index (Phi) is 5.11. The van der Waals surface area contributed by atoms with Crippen LogP contribution in [0.15, 0.2) is 54.3 Å². The van der Waals surface area contributed by atoms with Gasteiger partial charge < -0.3 is 4.18 Å². The summed E-state index contributed by atoms with van der Waals surface area (Å²) in [5.41, 5.74) is -4.11. The van der Waals surface area contributed by atoms with E-state index >= 15 is 0 Å². The Morgan fingerprint density at radius 3 is 2.48 bits per heavy atom. The van der Waals surface area contributed by atoms with E-state index in [9.17, 15) is 21.6 Å². The molecule has 0 unspecified atom stereocenters. The van der Waals surface area contributed by atoms with E-state index in [4.69, 9.17) is 11.6 Å². The van der Waals surface area contributed by atoms with Crippen molar-refractivity contribution in [3.05, 3.63) is 64.9 Å². The molecule has 0 amide bonds. The summed E-state index contributed by atoms with van der Waals surface area (Å²) in [7, 11) is -5.84. The SMILES string of the molecule is O=S(=O)(O/C(=C/n1nnc2ccccc21)Cc1ccc(Cl)cc1)C(F)(F)F. The Morgan fingerprint density at radius 1 is 1.15 bits per heavy atom. The van der Waals surface area contributed by atoms with Crippen LogP contribution in [0.2, 0.25) is 5.02 Å². The van der Waals surface area contributed by atoms with Gasteiger partial charge in [-0.1, -0.05) is 41.1 Å². The maximum absolute atomic E-state index is 12.7. The number of allylic oxidation sites excluding steroid dienone is 1. The summed E-state index contributed by atoms with van der Waals surface area (Å²) in [4.78, 5) is 0. The molecule has 0 radical (unpaired) electrons. The molecular weight excluding hydrogens is 407 g/mol. The van der Waals surface area contributed by atoms with Crippen molar-refractivity contribution in [2.45, 2.75) is 11.9 Å². The standard InChI is InChI=1S/C16H11ClF3N3O3S/c17-12-7-5-11(6-8-12)9-13(26-27(24,25)16(18,19)20)10-23-15-4-2-1-3-14(15)21-22-23/h1-8,10H,9H2/b13-10+. The van der Waals surface area contributed by atoms with Crippen LogP contribution in [-0.2, 0) is 20.7 Å². The Balaban J connectivity index is 2.02. The van der Waals surface area contributed by atoms with Crippen molar-refractivity contribution >= 4 is 39.0 Å². The van der Waals surface area contributed by atoms with E-state index in [0.29, 0.717) is 21.6 Å². The average molecular weight is 418 g/mol. The topological polar surface area (TPSA) is 74.1 Å². The minimum absolute atomic E-state index is 0.235. The van der Waals surface area contributed by atoms with Crippen LogP contribution < -0.4 is 0 Å². The highest BCUT2D eigenvalue weighted by molar-refractivity contribution is 7.87. The Bertz CT molecular complexity index is 1090. The molecule has 0 aliphatic rings. The van der Waals surface area contributed by atoms with E-state index in [0.717, 1.165) is 10.9 Å². The van der Waals surface area contributed by atoms with E-state index in [1.54, 1.807) is 36.4 Å². The summed E-state index contributed by atoms with van der Waals surface area (Å²) < 4.78 is 66.6. The molecular formula is C16H11ClF3N3O3S. The van der Waals surface area contributed by atoms with Crippen LogP contribution in [-0.4, -0.2) is 28.9 Å². The number of alkyl halides is 3.